The average Bonchev–Trinajstić information content (AvgIpc) is 3.17. The first-order valence-corrected chi connectivity index (χ1v) is 9.53. The fourth-order valence-corrected chi connectivity index (χ4v) is 4.14. The number of rotatable bonds is 5. The highest BCUT2D eigenvalue weighted by molar-refractivity contribution is 7.22. The Morgan fingerprint density at radius 2 is 1.92 bits per heavy atom. The first-order chi connectivity index (χ1) is 11.5. The van der Waals surface area contributed by atoms with Crippen LogP contribution in [-0.4, -0.2) is 43.0 Å². The first-order valence-electron chi connectivity index (χ1n) is 7.83. The van der Waals surface area contributed by atoms with Crippen LogP contribution in [0.3, 0.4) is 0 Å². The van der Waals surface area contributed by atoms with Crippen LogP contribution in [-0.2, 0) is 0 Å². The van der Waals surface area contributed by atoms with Crippen LogP contribution < -0.4 is 4.90 Å². The normalized spacial score (nSPS) is 11.4. The van der Waals surface area contributed by atoms with Gasteiger partial charge >= 0.3 is 0 Å². The molecule has 3 rings (SSSR count). The molecule has 0 aliphatic rings. The molecule has 0 unspecified atom stereocenters. The summed E-state index contributed by atoms with van der Waals surface area (Å²) in [5.41, 5.74) is 3.44. The maximum Gasteiger partial charge on any atom is 0.270 e. The number of hydrogen-bond acceptors (Lipinski definition) is 5. The summed E-state index contributed by atoms with van der Waals surface area (Å²) in [5, 5.41) is 2.71. The summed E-state index contributed by atoms with van der Waals surface area (Å²) >= 11 is 3.06. The first kappa shape index (κ1) is 17.1. The van der Waals surface area contributed by atoms with E-state index in [1.807, 2.05) is 31.6 Å². The number of likely N-dealkylation sites (N-methyl/N-ethyl adjacent to an activating group) is 1. The topological polar surface area (TPSA) is 36.4 Å². The molecule has 0 atom stereocenters. The van der Waals surface area contributed by atoms with Crippen LogP contribution in [0.4, 0.5) is 5.13 Å². The van der Waals surface area contributed by atoms with E-state index in [-0.39, 0.29) is 5.91 Å². The molecule has 0 spiro atoms. The van der Waals surface area contributed by atoms with Crippen molar-refractivity contribution < 1.29 is 4.79 Å². The maximum atomic E-state index is 12.9. The lowest BCUT2D eigenvalue weighted by molar-refractivity contribution is 0.0989. The van der Waals surface area contributed by atoms with Gasteiger partial charge in [0, 0.05) is 13.1 Å². The molecule has 2 aromatic heterocycles. The van der Waals surface area contributed by atoms with Crippen molar-refractivity contribution >= 4 is 43.9 Å². The Balaban J connectivity index is 1.99. The van der Waals surface area contributed by atoms with Gasteiger partial charge < -0.3 is 4.90 Å². The molecule has 0 bridgehead atoms. The van der Waals surface area contributed by atoms with E-state index in [0.29, 0.717) is 6.54 Å². The van der Waals surface area contributed by atoms with Crippen LogP contribution >= 0.6 is 22.7 Å². The number of aryl methyl sites for hydroxylation is 2. The Kier molecular flexibility index (Phi) is 4.99. The smallest absolute Gasteiger partial charge is 0.270 e. The third-order valence-electron chi connectivity index (χ3n) is 3.97. The van der Waals surface area contributed by atoms with Gasteiger partial charge in [0.2, 0.25) is 0 Å². The predicted molar refractivity (Wildman–Crippen MR) is 104 cm³/mol. The van der Waals surface area contributed by atoms with Crippen molar-refractivity contribution in [3.05, 3.63) is 45.6 Å². The maximum absolute atomic E-state index is 12.9. The van der Waals surface area contributed by atoms with Gasteiger partial charge in [0.25, 0.3) is 5.91 Å². The lowest BCUT2D eigenvalue weighted by Crippen LogP contribution is -2.36. The van der Waals surface area contributed by atoms with E-state index >= 15 is 0 Å². The Morgan fingerprint density at radius 1 is 1.17 bits per heavy atom. The van der Waals surface area contributed by atoms with Crippen LogP contribution in [0.5, 0.6) is 0 Å². The van der Waals surface area contributed by atoms with Gasteiger partial charge in [0.1, 0.15) is 0 Å². The summed E-state index contributed by atoms with van der Waals surface area (Å²) < 4.78 is 1.13. The second kappa shape index (κ2) is 7.01. The van der Waals surface area contributed by atoms with Crippen LogP contribution in [0, 0.1) is 13.8 Å². The van der Waals surface area contributed by atoms with Gasteiger partial charge in [-0.15, -0.1) is 11.3 Å². The molecule has 0 saturated carbocycles. The lowest BCUT2D eigenvalue weighted by Gasteiger charge is -2.21. The summed E-state index contributed by atoms with van der Waals surface area (Å²) in [4.78, 5) is 22.3. The predicted octanol–water partition coefficient (Wildman–Crippen LogP) is 4.18. The summed E-state index contributed by atoms with van der Waals surface area (Å²) in [6.45, 7) is 5.62. The number of benzene rings is 1. The molecule has 126 valence electrons. The quantitative estimate of drug-likeness (QED) is 0.685. The Labute approximate surface area is 150 Å². The number of fused-ring (bicyclic) bond motifs is 1. The van der Waals surface area contributed by atoms with E-state index in [9.17, 15) is 4.79 Å². The molecule has 0 N–H and O–H groups in total. The molecule has 1 amide bonds. The molecule has 4 nitrogen and oxygen atoms in total. The van der Waals surface area contributed by atoms with Gasteiger partial charge in [0.15, 0.2) is 5.13 Å². The number of hydrogen-bond donors (Lipinski definition) is 0. The van der Waals surface area contributed by atoms with E-state index in [2.05, 4.69) is 30.9 Å². The summed E-state index contributed by atoms with van der Waals surface area (Å²) in [7, 11) is 4.03. The third-order valence-corrected chi connectivity index (χ3v) is 5.87. The number of anilines is 1. The monoisotopic (exact) mass is 359 g/mol. The van der Waals surface area contributed by atoms with Gasteiger partial charge in [-0.05, 0) is 62.6 Å². The SMILES string of the molecule is Cc1cc2nc(N(CCN(C)C)C(=O)c3cccs3)sc2cc1C. The zero-order valence-electron chi connectivity index (χ0n) is 14.4. The van der Waals surface area contributed by atoms with Crippen molar-refractivity contribution in [3.8, 4) is 0 Å². The van der Waals surface area contributed by atoms with Gasteiger partial charge in [-0.25, -0.2) is 4.98 Å². The van der Waals surface area contributed by atoms with E-state index < -0.39 is 0 Å². The Morgan fingerprint density at radius 3 is 2.58 bits per heavy atom. The summed E-state index contributed by atoms with van der Waals surface area (Å²) in [6, 6.07) is 8.04. The third kappa shape index (κ3) is 3.50. The standard InChI is InChI=1S/C18H21N3OS2/c1-12-10-14-16(11-13(12)2)24-18(19-14)21(8-7-20(3)4)17(22)15-6-5-9-23-15/h5-6,9-11H,7-8H2,1-4H3. The fourth-order valence-electron chi connectivity index (χ4n) is 2.40. The van der Waals surface area contributed by atoms with Gasteiger partial charge in [-0.2, -0.15) is 0 Å². The number of carbonyl (C=O) groups is 1. The van der Waals surface area contributed by atoms with Crippen molar-refractivity contribution in [3.63, 3.8) is 0 Å². The lowest BCUT2D eigenvalue weighted by atomic mass is 10.1. The van der Waals surface area contributed by atoms with Crippen molar-refractivity contribution in [1.82, 2.24) is 9.88 Å². The van der Waals surface area contributed by atoms with Crippen LogP contribution in [0.2, 0.25) is 0 Å². The van der Waals surface area contributed by atoms with Crippen molar-refractivity contribution in [2.75, 3.05) is 32.1 Å². The van der Waals surface area contributed by atoms with E-state index in [1.54, 1.807) is 16.2 Å². The average molecular weight is 360 g/mol. The number of aromatic nitrogens is 1. The van der Waals surface area contributed by atoms with Crippen LogP contribution in [0.25, 0.3) is 10.2 Å². The second-order valence-corrected chi connectivity index (χ2v) is 8.09. The minimum Gasteiger partial charge on any atom is -0.308 e. The fraction of sp³-hybridized carbons (Fsp3) is 0.333. The molecule has 0 aliphatic heterocycles. The van der Waals surface area contributed by atoms with Crippen molar-refractivity contribution in [2.24, 2.45) is 0 Å². The number of nitrogens with zero attached hydrogens (tertiary/aromatic N) is 3. The van der Waals surface area contributed by atoms with Crippen LogP contribution in [0.1, 0.15) is 20.8 Å². The van der Waals surface area contributed by atoms with Gasteiger partial charge in [0.05, 0.1) is 15.1 Å². The van der Waals surface area contributed by atoms with Crippen molar-refractivity contribution in [1.29, 1.82) is 0 Å². The molecule has 2 heterocycles. The summed E-state index contributed by atoms with van der Waals surface area (Å²) in [5.74, 6) is 0.0272. The molecule has 1 aromatic carbocycles. The zero-order valence-corrected chi connectivity index (χ0v) is 16.0. The Bertz CT molecular complexity index is 814. The Hall–Kier alpha value is -1.76. The van der Waals surface area contributed by atoms with E-state index in [0.717, 1.165) is 26.8 Å². The van der Waals surface area contributed by atoms with Gasteiger partial charge in [-0.1, -0.05) is 17.4 Å². The van der Waals surface area contributed by atoms with Crippen LogP contribution in [0.15, 0.2) is 29.6 Å². The highest BCUT2D eigenvalue weighted by Crippen LogP contribution is 2.31. The molecular formula is C18H21N3OS2. The van der Waals surface area contributed by atoms with E-state index in [1.165, 1.54) is 22.5 Å². The number of amides is 1. The molecule has 0 saturated heterocycles. The molecule has 0 fully saturated rings. The second-order valence-electron chi connectivity index (χ2n) is 6.14. The minimum atomic E-state index is 0.0272. The summed E-state index contributed by atoms with van der Waals surface area (Å²) in [6.07, 6.45) is 0. The zero-order chi connectivity index (χ0) is 17.3. The number of thiophene rings is 1. The van der Waals surface area contributed by atoms with E-state index in [4.69, 9.17) is 4.98 Å². The molecule has 6 heteroatoms. The van der Waals surface area contributed by atoms with Crippen molar-refractivity contribution in [2.45, 2.75) is 13.8 Å². The molecule has 0 aliphatic carbocycles. The molecule has 24 heavy (non-hydrogen) atoms. The molecular weight excluding hydrogens is 338 g/mol. The minimum absolute atomic E-state index is 0.0272. The highest BCUT2D eigenvalue weighted by Gasteiger charge is 2.22. The van der Waals surface area contributed by atoms with Gasteiger partial charge in [-0.3, -0.25) is 9.69 Å². The number of carbonyl (C=O) groups excluding carboxylic acids is 1. The number of thiazole rings is 1. The highest BCUT2D eigenvalue weighted by atomic mass is 32.1. The largest absolute Gasteiger partial charge is 0.308 e. The molecule has 3 aromatic rings. The molecule has 0 radical (unpaired) electrons.